The first-order valence-corrected chi connectivity index (χ1v) is 5.68. The molecule has 6 heteroatoms. The lowest BCUT2D eigenvalue weighted by atomic mass is 10.0. The van der Waals surface area contributed by atoms with Crippen LogP contribution in [0.2, 0.25) is 0 Å². The van der Waals surface area contributed by atoms with Crippen LogP contribution in [0.5, 0.6) is 0 Å². The second kappa shape index (κ2) is 3.61. The molecule has 90 valence electrons. The van der Waals surface area contributed by atoms with Gasteiger partial charge < -0.3 is 11.1 Å². The van der Waals surface area contributed by atoms with E-state index in [-0.39, 0.29) is 0 Å². The van der Waals surface area contributed by atoms with Gasteiger partial charge in [-0.05, 0) is 23.6 Å². The van der Waals surface area contributed by atoms with Gasteiger partial charge in [-0.3, -0.25) is 11.2 Å². The smallest absolute Gasteiger partial charge is 0.206 e. The SMILES string of the molecule is NC1=NC(N)(Cc2ccc3c(c2)CCN3)NN1. The molecule has 6 nitrogen and oxygen atoms in total. The number of guanidine groups is 1. The van der Waals surface area contributed by atoms with Crippen LogP contribution in [-0.4, -0.2) is 18.3 Å². The minimum Gasteiger partial charge on any atom is -0.384 e. The zero-order valence-electron chi connectivity index (χ0n) is 9.46. The minimum absolute atomic E-state index is 0.329. The molecular formula is C11H16N6. The maximum Gasteiger partial charge on any atom is 0.206 e. The van der Waals surface area contributed by atoms with Crippen LogP contribution in [0.4, 0.5) is 5.69 Å². The number of anilines is 1. The Morgan fingerprint density at radius 1 is 1.41 bits per heavy atom. The normalized spacial score (nSPS) is 26.1. The van der Waals surface area contributed by atoms with Crippen molar-refractivity contribution in [1.82, 2.24) is 10.9 Å². The van der Waals surface area contributed by atoms with Crippen molar-refractivity contribution in [3.63, 3.8) is 0 Å². The number of benzene rings is 1. The number of nitrogens with one attached hydrogen (secondary N) is 3. The third kappa shape index (κ3) is 1.92. The van der Waals surface area contributed by atoms with Crippen molar-refractivity contribution in [2.75, 3.05) is 11.9 Å². The van der Waals surface area contributed by atoms with Crippen LogP contribution < -0.4 is 27.6 Å². The molecule has 3 rings (SSSR count). The lowest BCUT2D eigenvalue weighted by Gasteiger charge is -2.20. The Bertz CT molecular complexity index is 483. The van der Waals surface area contributed by atoms with Crippen molar-refractivity contribution < 1.29 is 0 Å². The van der Waals surface area contributed by atoms with Crippen LogP contribution in [0, 0.1) is 0 Å². The lowest BCUT2D eigenvalue weighted by Crippen LogP contribution is -2.54. The highest BCUT2D eigenvalue weighted by molar-refractivity contribution is 5.79. The molecule has 0 saturated heterocycles. The van der Waals surface area contributed by atoms with Crippen LogP contribution in [0.1, 0.15) is 11.1 Å². The topological polar surface area (TPSA) is 100 Å². The third-order valence-electron chi connectivity index (χ3n) is 3.08. The van der Waals surface area contributed by atoms with Crippen LogP contribution >= 0.6 is 0 Å². The van der Waals surface area contributed by atoms with Gasteiger partial charge in [-0.15, -0.1) is 0 Å². The summed E-state index contributed by atoms with van der Waals surface area (Å²) in [7, 11) is 0. The number of nitrogens with zero attached hydrogens (tertiary/aromatic N) is 1. The van der Waals surface area contributed by atoms with Gasteiger partial charge in [0.1, 0.15) is 0 Å². The van der Waals surface area contributed by atoms with E-state index in [9.17, 15) is 0 Å². The predicted molar refractivity (Wildman–Crippen MR) is 67.2 cm³/mol. The molecule has 7 N–H and O–H groups in total. The fourth-order valence-corrected chi connectivity index (χ4v) is 2.31. The summed E-state index contributed by atoms with van der Waals surface area (Å²) in [6.07, 6.45) is 1.67. The van der Waals surface area contributed by atoms with E-state index in [0.717, 1.165) is 18.5 Å². The van der Waals surface area contributed by atoms with E-state index >= 15 is 0 Å². The summed E-state index contributed by atoms with van der Waals surface area (Å²) in [5, 5.41) is 3.33. The molecule has 0 amide bonds. The Balaban J connectivity index is 1.82. The summed E-state index contributed by atoms with van der Waals surface area (Å²) in [6, 6.07) is 6.34. The van der Waals surface area contributed by atoms with Crippen molar-refractivity contribution in [3.8, 4) is 0 Å². The highest BCUT2D eigenvalue weighted by Gasteiger charge is 2.29. The highest BCUT2D eigenvalue weighted by Crippen LogP contribution is 2.24. The van der Waals surface area contributed by atoms with E-state index in [0.29, 0.717) is 12.4 Å². The summed E-state index contributed by atoms with van der Waals surface area (Å²) >= 11 is 0. The van der Waals surface area contributed by atoms with E-state index in [1.54, 1.807) is 0 Å². The standard InChI is InChI=1S/C11H16N6/c12-10-15-11(13,17-16-10)6-7-1-2-9-8(5-7)3-4-14-9/h1-2,5,14,17H,3-4,6,13H2,(H3,12,15,16). The number of hydrogen-bond donors (Lipinski definition) is 5. The summed E-state index contributed by atoms with van der Waals surface area (Å²) in [6.45, 7) is 1.01. The summed E-state index contributed by atoms with van der Waals surface area (Å²) in [5.41, 5.74) is 20.9. The second-order valence-electron chi connectivity index (χ2n) is 4.52. The second-order valence-corrected chi connectivity index (χ2v) is 4.52. The Morgan fingerprint density at radius 2 is 2.29 bits per heavy atom. The summed E-state index contributed by atoms with van der Waals surface area (Å²) in [4.78, 5) is 4.14. The fourth-order valence-electron chi connectivity index (χ4n) is 2.31. The van der Waals surface area contributed by atoms with Gasteiger partial charge in [-0.25, -0.2) is 4.99 Å². The first kappa shape index (κ1) is 10.4. The fraction of sp³-hybridized carbons (Fsp3) is 0.364. The number of hydrogen-bond acceptors (Lipinski definition) is 6. The molecule has 0 aromatic heterocycles. The van der Waals surface area contributed by atoms with Crippen LogP contribution in [0.15, 0.2) is 23.2 Å². The van der Waals surface area contributed by atoms with Crippen molar-refractivity contribution in [2.24, 2.45) is 16.5 Å². The molecule has 2 aliphatic heterocycles. The Hall–Kier alpha value is -1.79. The number of nitrogens with two attached hydrogens (primary N) is 2. The molecule has 17 heavy (non-hydrogen) atoms. The van der Waals surface area contributed by atoms with Crippen LogP contribution in [0.25, 0.3) is 0 Å². The van der Waals surface area contributed by atoms with E-state index in [1.807, 2.05) is 0 Å². The zero-order chi connectivity index (χ0) is 11.9. The molecule has 0 fully saturated rings. The van der Waals surface area contributed by atoms with E-state index < -0.39 is 5.79 Å². The Kier molecular flexibility index (Phi) is 2.20. The van der Waals surface area contributed by atoms with Crippen LogP contribution in [-0.2, 0) is 12.8 Å². The Labute approximate surface area is 99.4 Å². The maximum atomic E-state index is 6.07. The molecule has 1 unspecified atom stereocenters. The maximum absolute atomic E-state index is 6.07. The Morgan fingerprint density at radius 3 is 3.06 bits per heavy atom. The lowest BCUT2D eigenvalue weighted by molar-refractivity contribution is 0.360. The van der Waals surface area contributed by atoms with Gasteiger partial charge in [0.2, 0.25) is 5.96 Å². The quantitative estimate of drug-likeness (QED) is 0.461. The molecule has 2 aliphatic rings. The molecule has 0 aliphatic carbocycles. The molecule has 0 spiro atoms. The highest BCUT2D eigenvalue weighted by atomic mass is 15.6. The van der Waals surface area contributed by atoms with Crippen molar-refractivity contribution in [1.29, 1.82) is 0 Å². The first-order valence-electron chi connectivity index (χ1n) is 5.68. The van der Waals surface area contributed by atoms with Gasteiger partial charge in [-0.2, -0.15) is 5.43 Å². The van der Waals surface area contributed by atoms with Gasteiger partial charge in [0.25, 0.3) is 0 Å². The van der Waals surface area contributed by atoms with E-state index in [1.165, 1.54) is 11.3 Å². The molecule has 0 bridgehead atoms. The molecule has 0 saturated carbocycles. The van der Waals surface area contributed by atoms with Gasteiger partial charge in [0, 0.05) is 18.7 Å². The zero-order valence-corrected chi connectivity index (χ0v) is 9.46. The van der Waals surface area contributed by atoms with Crippen molar-refractivity contribution >= 4 is 11.6 Å². The van der Waals surface area contributed by atoms with Crippen LogP contribution in [0.3, 0.4) is 0 Å². The monoisotopic (exact) mass is 232 g/mol. The number of fused-ring (bicyclic) bond motifs is 1. The molecule has 1 aromatic carbocycles. The average molecular weight is 232 g/mol. The predicted octanol–water partition coefficient (Wildman–Crippen LogP) is -0.768. The van der Waals surface area contributed by atoms with Gasteiger partial charge in [-0.1, -0.05) is 12.1 Å². The van der Waals surface area contributed by atoms with Crippen molar-refractivity contribution in [2.45, 2.75) is 18.6 Å². The third-order valence-corrected chi connectivity index (χ3v) is 3.08. The van der Waals surface area contributed by atoms with Gasteiger partial charge in [0.15, 0.2) is 5.79 Å². The number of aliphatic imine (C=N–C) groups is 1. The van der Waals surface area contributed by atoms with Gasteiger partial charge in [0.05, 0.1) is 0 Å². The molecule has 1 atom stereocenters. The van der Waals surface area contributed by atoms with E-state index in [4.69, 9.17) is 11.5 Å². The molecule has 1 aromatic rings. The number of hydrazine groups is 1. The molecule has 0 radical (unpaired) electrons. The van der Waals surface area contributed by atoms with E-state index in [2.05, 4.69) is 39.4 Å². The summed E-state index contributed by atoms with van der Waals surface area (Å²) < 4.78 is 0. The largest absolute Gasteiger partial charge is 0.384 e. The molecule has 2 heterocycles. The van der Waals surface area contributed by atoms with Crippen molar-refractivity contribution in [3.05, 3.63) is 29.3 Å². The minimum atomic E-state index is -0.843. The number of rotatable bonds is 2. The first-order chi connectivity index (χ1) is 8.15. The molecular weight excluding hydrogens is 216 g/mol. The average Bonchev–Trinajstić information content (AvgIpc) is 2.85. The summed E-state index contributed by atoms with van der Waals surface area (Å²) in [5.74, 6) is -0.514. The van der Waals surface area contributed by atoms with Gasteiger partial charge >= 0.3 is 0 Å².